The molecule has 0 aliphatic carbocycles. The van der Waals surface area contributed by atoms with E-state index < -0.39 is 0 Å². The zero-order valence-corrected chi connectivity index (χ0v) is 7.26. The summed E-state index contributed by atoms with van der Waals surface area (Å²) in [5.41, 5.74) is 7.13. The Morgan fingerprint density at radius 2 is 2.33 bits per heavy atom. The van der Waals surface area contributed by atoms with Crippen LogP contribution in [0.5, 0.6) is 0 Å². The molecule has 0 radical (unpaired) electrons. The molecule has 3 nitrogen and oxygen atoms in total. The van der Waals surface area contributed by atoms with Crippen molar-refractivity contribution in [2.24, 2.45) is 0 Å². The molecule has 0 saturated carbocycles. The van der Waals surface area contributed by atoms with E-state index in [1.807, 2.05) is 6.92 Å². The number of aryl methyl sites for hydroxylation is 2. The second-order valence-corrected chi connectivity index (χ2v) is 2.83. The van der Waals surface area contributed by atoms with Crippen LogP contribution in [0.25, 0.3) is 0 Å². The maximum Gasteiger partial charge on any atom is 0.0895 e. The molecule has 1 aromatic rings. The molecule has 0 spiro atoms. The monoisotopic (exact) mass is 171 g/mol. The quantitative estimate of drug-likeness (QED) is 0.698. The highest BCUT2D eigenvalue weighted by Gasteiger charge is 1.99. The topological polar surface area (TPSA) is 43.8 Å². The van der Waals surface area contributed by atoms with E-state index in [1.165, 1.54) is 0 Å². The van der Waals surface area contributed by atoms with Crippen LogP contribution in [0.1, 0.15) is 18.5 Å². The number of aromatic nitrogens is 2. The second kappa shape index (κ2) is 4.09. The Kier molecular flexibility index (Phi) is 3.08. The van der Waals surface area contributed by atoms with Gasteiger partial charge in [-0.3, -0.25) is 9.07 Å². The Balaban J connectivity index is 2.42. The predicted molar refractivity (Wildman–Crippen MR) is 46.6 cm³/mol. The van der Waals surface area contributed by atoms with Gasteiger partial charge in [0.15, 0.2) is 0 Å². The highest BCUT2D eigenvalue weighted by Crippen LogP contribution is 2.07. The summed E-state index contributed by atoms with van der Waals surface area (Å²) in [6.07, 6.45) is 3.20. The van der Waals surface area contributed by atoms with E-state index in [0.717, 1.165) is 18.7 Å². The normalized spacial score (nSPS) is 10.5. The molecule has 0 aromatic carbocycles. The molecular weight excluding hydrogens is 157 g/mol. The highest BCUT2D eigenvalue weighted by atomic mass is 19.1. The zero-order chi connectivity index (χ0) is 8.97. The molecule has 2 N–H and O–H groups in total. The van der Waals surface area contributed by atoms with Gasteiger partial charge < -0.3 is 5.73 Å². The van der Waals surface area contributed by atoms with Gasteiger partial charge in [0.25, 0.3) is 0 Å². The molecule has 0 saturated heterocycles. The highest BCUT2D eigenvalue weighted by molar-refractivity contribution is 5.39. The van der Waals surface area contributed by atoms with Gasteiger partial charge >= 0.3 is 0 Å². The van der Waals surface area contributed by atoms with Crippen LogP contribution in [-0.4, -0.2) is 16.5 Å². The van der Waals surface area contributed by atoms with Crippen molar-refractivity contribution < 1.29 is 4.39 Å². The zero-order valence-electron chi connectivity index (χ0n) is 7.26. The smallest absolute Gasteiger partial charge is 0.0895 e. The average Bonchev–Trinajstić information content (AvgIpc) is 2.32. The summed E-state index contributed by atoms with van der Waals surface area (Å²) in [4.78, 5) is 0. The maximum atomic E-state index is 11.7. The van der Waals surface area contributed by atoms with Gasteiger partial charge in [-0.25, -0.2) is 0 Å². The standard InChI is InChI=1S/C8H14FN3/c1-7-8(10)6-12(11-7)5-3-2-4-9/h6H,2-5,10H2,1H3. The van der Waals surface area contributed by atoms with Crippen LogP contribution in [0.4, 0.5) is 10.1 Å². The average molecular weight is 171 g/mol. The lowest BCUT2D eigenvalue weighted by atomic mass is 10.3. The summed E-state index contributed by atoms with van der Waals surface area (Å²) in [6, 6.07) is 0. The maximum absolute atomic E-state index is 11.7. The lowest BCUT2D eigenvalue weighted by Crippen LogP contribution is -1.98. The summed E-state index contributed by atoms with van der Waals surface area (Å²) in [6.45, 7) is 2.36. The molecule has 1 aromatic heterocycles. The van der Waals surface area contributed by atoms with E-state index in [-0.39, 0.29) is 6.67 Å². The van der Waals surface area contributed by atoms with Gasteiger partial charge in [0.1, 0.15) is 0 Å². The Morgan fingerprint density at radius 3 is 2.83 bits per heavy atom. The number of nitrogens with two attached hydrogens (primary N) is 1. The second-order valence-electron chi connectivity index (χ2n) is 2.83. The number of unbranched alkanes of at least 4 members (excludes halogenated alkanes) is 1. The van der Waals surface area contributed by atoms with Crippen molar-refractivity contribution in [3.05, 3.63) is 11.9 Å². The number of anilines is 1. The largest absolute Gasteiger partial charge is 0.396 e. The van der Waals surface area contributed by atoms with Gasteiger partial charge in [-0.15, -0.1) is 0 Å². The summed E-state index contributed by atoms with van der Waals surface area (Å²) >= 11 is 0. The van der Waals surface area contributed by atoms with Crippen LogP contribution < -0.4 is 5.73 Å². The van der Waals surface area contributed by atoms with E-state index in [2.05, 4.69) is 5.10 Å². The van der Waals surface area contributed by atoms with E-state index in [9.17, 15) is 4.39 Å². The van der Waals surface area contributed by atoms with Crippen molar-refractivity contribution in [2.45, 2.75) is 26.3 Å². The molecule has 0 aliphatic rings. The van der Waals surface area contributed by atoms with Gasteiger partial charge in [-0.05, 0) is 19.8 Å². The Hall–Kier alpha value is -1.06. The third kappa shape index (κ3) is 2.22. The third-order valence-corrected chi connectivity index (χ3v) is 1.76. The third-order valence-electron chi connectivity index (χ3n) is 1.76. The first-order chi connectivity index (χ1) is 5.74. The Bertz CT molecular complexity index is 225. The van der Waals surface area contributed by atoms with Crippen LogP contribution in [0.3, 0.4) is 0 Å². The van der Waals surface area contributed by atoms with Gasteiger partial charge in [0, 0.05) is 12.7 Å². The van der Waals surface area contributed by atoms with Crippen molar-refractivity contribution in [1.82, 2.24) is 9.78 Å². The minimum atomic E-state index is -0.254. The van der Waals surface area contributed by atoms with Crippen LogP contribution in [0, 0.1) is 6.92 Å². The summed E-state index contributed by atoms with van der Waals surface area (Å²) < 4.78 is 13.5. The molecule has 0 bridgehead atoms. The molecule has 0 fully saturated rings. The van der Waals surface area contributed by atoms with Crippen molar-refractivity contribution in [3.63, 3.8) is 0 Å². The first kappa shape index (κ1) is 9.03. The lowest BCUT2D eigenvalue weighted by molar-refractivity contribution is 0.439. The first-order valence-electron chi connectivity index (χ1n) is 4.09. The Morgan fingerprint density at radius 1 is 1.58 bits per heavy atom. The van der Waals surface area contributed by atoms with Crippen molar-refractivity contribution in [1.29, 1.82) is 0 Å². The van der Waals surface area contributed by atoms with Crippen molar-refractivity contribution in [3.8, 4) is 0 Å². The number of nitrogens with zero attached hydrogens (tertiary/aromatic N) is 2. The first-order valence-corrected chi connectivity index (χ1v) is 4.09. The van der Waals surface area contributed by atoms with Crippen LogP contribution in [-0.2, 0) is 6.54 Å². The van der Waals surface area contributed by atoms with Crippen LogP contribution in [0.15, 0.2) is 6.20 Å². The molecule has 68 valence electrons. The molecule has 1 rings (SSSR count). The van der Waals surface area contributed by atoms with E-state index in [4.69, 9.17) is 5.73 Å². The molecule has 0 aliphatic heterocycles. The number of alkyl halides is 1. The molecule has 0 atom stereocenters. The molecule has 12 heavy (non-hydrogen) atoms. The van der Waals surface area contributed by atoms with Crippen LogP contribution >= 0.6 is 0 Å². The summed E-state index contributed by atoms with van der Waals surface area (Å²) in [7, 11) is 0. The Labute approximate surface area is 71.4 Å². The van der Waals surface area contributed by atoms with Gasteiger partial charge in [0.2, 0.25) is 0 Å². The fraction of sp³-hybridized carbons (Fsp3) is 0.625. The van der Waals surface area contributed by atoms with Gasteiger partial charge in [0.05, 0.1) is 18.1 Å². The molecule has 4 heteroatoms. The predicted octanol–water partition coefficient (Wildman–Crippen LogP) is 1.52. The number of nitrogen functional groups attached to an aromatic ring is 1. The van der Waals surface area contributed by atoms with Crippen LogP contribution in [0.2, 0.25) is 0 Å². The molecule has 0 unspecified atom stereocenters. The number of hydrogen-bond donors (Lipinski definition) is 1. The van der Waals surface area contributed by atoms with Gasteiger partial charge in [-0.1, -0.05) is 0 Å². The number of rotatable bonds is 4. The van der Waals surface area contributed by atoms with E-state index >= 15 is 0 Å². The van der Waals surface area contributed by atoms with E-state index in [1.54, 1.807) is 10.9 Å². The minimum Gasteiger partial charge on any atom is -0.396 e. The lowest BCUT2D eigenvalue weighted by Gasteiger charge is -1.97. The fourth-order valence-electron chi connectivity index (χ4n) is 1.02. The van der Waals surface area contributed by atoms with Crippen molar-refractivity contribution >= 4 is 5.69 Å². The minimum absolute atomic E-state index is 0.254. The fourth-order valence-corrected chi connectivity index (χ4v) is 1.02. The molecule has 0 amide bonds. The van der Waals surface area contributed by atoms with Gasteiger partial charge in [-0.2, -0.15) is 5.10 Å². The SMILES string of the molecule is Cc1nn(CCCCF)cc1N. The summed E-state index contributed by atoms with van der Waals surface area (Å²) in [5.74, 6) is 0. The number of hydrogen-bond acceptors (Lipinski definition) is 2. The summed E-state index contributed by atoms with van der Waals surface area (Å²) in [5, 5.41) is 4.15. The number of halogens is 1. The molecular formula is C8H14FN3. The molecule has 1 heterocycles. The van der Waals surface area contributed by atoms with Crippen molar-refractivity contribution in [2.75, 3.05) is 12.4 Å². The van der Waals surface area contributed by atoms with E-state index in [0.29, 0.717) is 12.1 Å².